The van der Waals surface area contributed by atoms with Gasteiger partial charge in [-0.05, 0) is 61.4 Å². The van der Waals surface area contributed by atoms with Crippen LogP contribution < -0.4 is 24.4 Å². The van der Waals surface area contributed by atoms with Crippen LogP contribution in [0.4, 0.5) is 11.4 Å². The zero-order valence-corrected chi connectivity index (χ0v) is 20.3. The summed E-state index contributed by atoms with van der Waals surface area (Å²) in [4.78, 5) is 2.35. The molecule has 0 amide bonds. The van der Waals surface area contributed by atoms with E-state index >= 15 is 0 Å². The second kappa shape index (κ2) is 8.61. The smallest absolute Gasteiger partial charge is 0.188 e. The van der Waals surface area contributed by atoms with Gasteiger partial charge in [0.25, 0.3) is 0 Å². The van der Waals surface area contributed by atoms with Gasteiger partial charge in [-0.2, -0.15) is 0 Å². The molecule has 0 atom stereocenters. The SMILES string of the molecule is COCOc1ccc(-c2ccc3c4c2CN(c2ccccc2OC)C4=CC(C)(C)N3)c(OC)c1. The number of hydrogen-bond acceptors (Lipinski definition) is 6. The average molecular weight is 459 g/mol. The van der Waals surface area contributed by atoms with Crippen LogP contribution in [0.3, 0.4) is 0 Å². The molecule has 176 valence electrons. The van der Waals surface area contributed by atoms with Crippen molar-refractivity contribution in [2.45, 2.75) is 25.9 Å². The van der Waals surface area contributed by atoms with Gasteiger partial charge in [-0.25, -0.2) is 0 Å². The Morgan fingerprint density at radius 2 is 1.68 bits per heavy atom. The summed E-state index contributed by atoms with van der Waals surface area (Å²) in [6.45, 7) is 5.30. The van der Waals surface area contributed by atoms with Crippen LogP contribution in [0.2, 0.25) is 0 Å². The van der Waals surface area contributed by atoms with Crippen LogP contribution in [-0.4, -0.2) is 33.7 Å². The Bertz CT molecular complexity index is 1270. The summed E-state index contributed by atoms with van der Waals surface area (Å²) in [6, 6.07) is 18.4. The fraction of sp³-hybridized carbons (Fsp3) is 0.286. The van der Waals surface area contributed by atoms with E-state index in [1.54, 1.807) is 21.3 Å². The molecule has 3 aromatic rings. The lowest BCUT2D eigenvalue weighted by Crippen LogP contribution is -2.33. The summed E-state index contributed by atoms with van der Waals surface area (Å²) < 4.78 is 22.2. The molecule has 3 aromatic carbocycles. The summed E-state index contributed by atoms with van der Waals surface area (Å²) in [5, 5.41) is 3.69. The third kappa shape index (κ3) is 3.74. The first-order chi connectivity index (χ1) is 16.5. The van der Waals surface area contributed by atoms with E-state index in [9.17, 15) is 0 Å². The molecular weight excluding hydrogens is 428 g/mol. The van der Waals surface area contributed by atoms with Crippen molar-refractivity contribution in [1.82, 2.24) is 0 Å². The highest BCUT2D eigenvalue weighted by Gasteiger charge is 2.37. The number of hydrogen-bond donors (Lipinski definition) is 1. The summed E-state index contributed by atoms with van der Waals surface area (Å²) in [5.41, 5.74) is 7.85. The van der Waals surface area contributed by atoms with Crippen molar-refractivity contribution in [2.75, 3.05) is 38.3 Å². The Balaban J connectivity index is 1.66. The van der Waals surface area contributed by atoms with Crippen molar-refractivity contribution >= 4 is 17.1 Å². The highest BCUT2D eigenvalue weighted by molar-refractivity contribution is 5.98. The number of anilines is 2. The molecule has 2 aliphatic heterocycles. The van der Waals surface area contributed by atoms with Crippen LogP contribution in [0, 0.1) is 0 Å². The van der Waals surface area contributed by atoms with Crippen molar-refractivity contribution in [3.05, 3.63) is 71.8 Å². The minimum absolute atomic E-state index is 0.177. The van der Waals surface area contributed by atoms with Gasteiger partial charge in [0.05, 0.1) is 25.4 Å². The van der Waals surface area contributed by atoms with Crippen molar-refractivity contribution in [1.29, 1.82) is 0 Å². The van der Waals surface area contributed by atoms with E-state index in [0.717, 1.165) is 40.5 Å². The highest BCUT2D eigenvalue weighted by atomic mass is 16.7. The molecule has 0 saturated carbocycles. The molecule has 0 saturated heterocycles. The number of ether oxygens (including phenoxy) is 4. The summed E-state index contributed by atoms with van der Waals surface area (Å²) >= 11 is 0. The molecule has 0 aromatic heterocycles. The van der Waals surface area contributed by atoms with Crippen molar-refractivity contribution in [2.24, 2.45) is 0 Å². The molecule has 34 heavy (non-hydrogen) atoms. The zero-order valence-electron chi connectivity index (χ0n) is 20.3. The van der Waals surface area contributed by atoms with Crippen molar-refractivity contribution < 1.29 is 18.9 Å². The number of methoxy groups -OCH3 is 3. The van der Waals surface area contributed by atoms with Gasteiger partial charge < -0.3 is 29.2 Å². The Labute approximate surface area is 200 Å². The Kier molecular flexibility index (Phi) is 5.62. The van der Waals surface area contributed by atoms with Gasteiger partial charge in [-0.1, -0.05) is 18.2 Å². The molecule has 1 N–H and O–H groups in total. The van der Waals surface area contributed by atoms with Gasteiger partial charge in [0.1, 0.15) is 17.2 Å². The summed E-state index contributed by atoms with van der Waals surface area (Å²) in [6.07, 6.45) is 2.31. The Morgan fingerprint density at radius 3 is 2.44 bits per heavy atom. The molecule has 2 aliphatic rings. The summed E-state index contributed by atoms with van der Waals surface area (Å²) in [7, 11) is 5.01. The fourth-order valence-electron chi connectivity index (χ4n) is 4.89. The van der Waals surface area contributed by atoms with E-state index in [-0.39, 0.29) is 12.3 Å². The highest BCUT2D eigenvalue weighted by Crippen LogP contribution is 2.51. The van der Waals surface area contributed by atoms with E-state index in [1.807, 2.05) is 24.3 Å². The van der Waals surface area contributed by atoms with Crippen LogP contribution >= 0.6 is 0 Å². The van der Waals surface area contributed by atoms with Crippen LogP contribution in [0.15, 0.2) is 60.7 Å². The summed E-state index contributed by atoms with van der Waals surface area (Å²) in [5.74, 6) is 2.32. The number of para-hydroxylation sites is 2. The molecule has 0 aliphatic carbocycles. The standard InChI is InChI=1S/C28H30N2O4/c1-28(2)15-24-27-21(16-30(24)23-8-6-7-9-25(23)32-4)19(12-13-22(27)29-28)20-11-10-18(34-17-31-3)14-26(20)33-5/h6-15,29H,16-17H2,1-5H3. The second-order valence-electron chi connectivity index (χ2n) is 9.06. The molecule has 5 rings (SSSR count). The van der Waals surface area contributed by atoms with E-state index in [4.69, 9.17) is 18.9 Å². The minimum atomic E-state index is -0.177. The quantitative estimate of drug-likeness (QED) is 0.444. The topological polar surface area (TPSA) is 52.2 Å². The molecular formula is C28H30N2O4. The molecule has 6 nitrogen and oxygen atoms in total. The first kappa shape index (κ1) is 22.2. The first-order valence-corrected chi connectivity index (χ1v) is 11.3. The van der Waals surface area contributed by atoms with E-state index in [2.05, 4.69) is 60.5 Å². The lowest BCUT2D eigenvalue weighted by atomic mass is 9.89. The van der Waals surface area contributed by atoms with Gasteiger partial charge >= 0.3 is 0 Å². The predicted octanol–water partition coefficient (Wildman–Crippen LogP) is 5.92. The lowest BCUT2D eigenvalue weighted by Gasteiger charge is -2.33. The normalized spacial score (nSPS) is 15.3. The number of rotatable bonds is 7. The third-order valence-electron chi connectivity index (χ3n) is 6.31. The Hall–Kier alpha value is -3.64. The lowest BCUT2D eigenvalue weighted by molar-refractivity contribution is 0.0510. The van der Waals surface area contributed by atoms with Crippen LogP contribution in [0.5, 0.6) is 17.2 Å². The Morgan fingerprint density at radius 1 is 0.912 bits per heavy atom. The monoisotopic (exact) mass is 458 g/mol. The maximum atomic E-state index is 5.77. The number of benzene rings is 3. The minimum Gasteiger partial charge on any atom is -0.496 e. The van der Waals surface area contributed by atoms with Gasteiger partial charge in [-0.3, -0.25) is 0 Å². The maximum Gasteiger partial charge on any atom is 0.188 e. The van der Waals surface area contributed by atoms with Gasteiger partial charge in [0.15, 0.2) is 6.79 Å². The van der Waals surface area contributed by atoms with Crippen molar-refractivity contribution in [3.8, 4) is 28.4 Å². The van der Waals surface area contributed by atoms with E-state index < -0.39 is 0 Å². The van der Waals surface area contributed by atoms with Crippen LogP contribution in [0.1, 0.15) is 25.0 Å². The first-order valence-electron chi connectivity index (χ1n) is 11.3. The van der Waals surface area contributed by atoms with Gasteiger partial charge in [0, 0.05) is 42.2 Å². The van der Waals surface area contributed by atoms with E-state index in [1.165, 1.54) is 16.8 Å². The number of nitrogens with zero attached hydrogens (tertiary/aromatic N) is 1. The van der Waals surface area contributed by atoms with Crippen LogP contribution in [-0.2, 0) is 11.3 Å². The molecule has 2 heterocycles. The second-order valence-corrected chi connectivity index (χ2v) is 9.06. The number of nitrogens with one attached hydrogen (secondary N) is 1. The zero-order chi connectivity index (χ0) is 23.9. The molecule has 0 unspecified atom stereocenters. The molecule has 0 radical (unpaired) electrons. The van der Waals surface area contributed by atoms with Gasteiger partial charge in [0.2, 0.25) is 0 Å². The molecule has 6 heteroatoms. The van der Waals surface area contributed by atoms with E-state index in [0.29, 0.717) is 5.75 Å². The predicted molar refractivity (Wildman–Crippen MR) is 136 cm³/mol. The average Bonchev–Trinajstić information content (AvgIpc) is 3.21. The fourth-order valence-corrected chi connectivity index (χ4v) is 4.89. The van der Waals surface area contributed by atoms with Gasteiger partial charge in [-0.15, -0.1) is 0 Å². The molecule has 0 spiro atoms. The molecule has 0 fully saturated rings. The largest absolute Gasteiger partial charge is 0.496 e. The maximum absolute atomic E-state index is 5.77. The van der Waals surface area contributed by atoms with Crippen LogP contribution in [0.25, 0.3) is 16.8 Å². The third-order valence-corrected chi connectivity index (χ3v) is 6.31. The van der Waals surface area contributed by atoms with Crippen molar-refractivity contribution in [3.63, 3.8) is 0 Å². The molecule has 0 bridgehead atoms.